The average Bonchev–Trinajstić information content (AvgIpc) is 3.38. The smallest absolute Gasteiger partial charge is 0.165 e. The fourth-order valence-electron chi connectivity index (χ4n) is 4.90. The lowest BCUT2D eigenvalue weighted by Gasteiger charge is -2.40. The van der Waals surface area contributed by atoms with Crippen molar-refractivity contribution < 1.29 is 0 Å². The van der Waals surface area contributed by atoms with Crippen molar-refractivity contribution in [2.75, 3.05) is 5.75 Å². The van der Waals surface area contributed by atoms with Gasteiger partial charge in [-0.15, -0.1) is 0 Å². The minimum absolute atomic E-state index is 0.377. The Morgan fingerprint density at radius 3 is 2.69 bits per heavy atom. The summed E-state index contributed by atoms with van der Waals surface area (Å²) in [5.74, 6) is 1.21. The standard InChI is InChI=1S/C22H27N3S/c1-17-15-18(7-6-14-23)10-11-20(17)24-21-25(19-8-2-3-9-19)22(16-26-21)12-4-5-13-22/h6-7,10-11,15,19H,2-5,8-9,12-13,16H2,1H3/b7-6+,24-21?. The van der Waals surface area contributed by atoms with E-state index in [1.165, 1.54) is 73.9 Å². The Hall–Kier alpha value is -1.73. The van der Waals surface area contributed by atoms with Crippen LogP contribution in [0.1, 0.15) is 62.5 Å². The zero-order valence-electron chi connectivity index (χ0n) is 15.6. The van der Waals surface area contributed by atoms with Gasteiger partial charge in [-0.2, -0.15) is 5.26 Å². The first-order valence-electron chi connectivity index (χ1n) is 9.89. The second-order valence-corrected chi connectivity index (χ2v) is 8.87. The molecule has 0 atom stereocenters. The number of nitriles is 1. The number of benzene rings is 1. The van der Waals surface area contributed by atoms with Gasteiger partial charge in [0.25, 0.3) is 0 Å². The summed E-state index contributed by atoms with van der Waals surface area (Å²) in [5, 5.41) is 9.96. The SMILES string of the molecule is Cc1cc(/C=C/C#N)ccc1N=C1SCC2(CCCC2)N1C1CCCC1. The molecule has 0 N–H and O–H groups in total. The van der Waals surface area contributed by atoms with Gasteiger partial charge in [0.2, 0.25) is 0 Å². The van der Waals surface area contributed by atoms with E-state index in [2.05, 4.69) is 36.1 Å². The van der Waals surface area contributed by atoms with Crippen LogP contribution in [0.15, 0.2) is 29.3 Å². The molecule has 26 heavy (non-hydrogen) atoms. The predicted molar refractivity (Wildman–Crippen MR) is 111 cm³/mol. The van der Waals surface area contributed by atoms with Crippen LogP contribution in [0.4, 0.5) is 5.69 Å². The van der Waals surface area contributed by atoms with E-state index in [9.17, 15) is 0 Å². The molecule has 4 rings (SSSR count). The van der Waals surface area contributed by atoms with Crippen molar-refractivity contribution in [3.8, 4) is 6.07 Å². The number of rotatable bonds is 3. The third-order valence-electron chi connectivity index (χ3n) is 6.20. The maximum absolute atomic E-state index is 8.71. The Morgan fingerprint density at radius 2 is 2.00 bits per heavy atom. The van der Waals surface area contributed by atoms with Crippen molar-refractivity contribution in [3.05, 3.63) is 35.4 Å². The Morgan fingerprint density at radius 1 is 1.23 bits per heavy atom. The topological polar surface area (TPSA) is 39.4 Å². The molecule has 3 fully saturated rings. The van der Waals surface area contributed by atoms with Crippen molar-refractivity contribution in [3.63, 3.8) is 0 Å². The lowest BCUT2D eigenvalue weighted by atomic mass is 9.95. The van der Waals surface area contributed by atoms with Crippen molar-refractivity contribution in [1.82, 2.24) is 4.90 Å². The number of aliphatic imine (C=N–C) groups is 1. The molecular formula is C22H27N3S. The first-order chi connectivity index (χ1) is 12.7. The highest BCUT2D eigenvalue weighted by Gasteiger charge is 2.49. The fraction of sp³-hybridized carbons (Fsp3) is 0.545. The van der Waals surface area contributed by atoms with Crippen molar-refractivity contribution in [2.45, 2.75) is 69.9 Å². The molecule has 2 aliphatic carbocycles. The van der Waals surface area contributed by atoms with Gasteiger partial charge in [-0.3, -0.25) is 0 Å². The van der Waals surface area contributed by atoms with E-state index >= 15 is 0 Å². The van der Waals surface area contributed by atoms with E-state index in [-0.39, 0.29) is 0 Å². The van der Waals surface area contributed by atoms with Crippen LogP contribution >= 0.6 is 11.8 Å². The molecule has 3 nitrogen and oxygen atoms in total. The normalized spacial score (nSPS) is 24.3. The molecular weight excluding hydrogens is 338 g/mol. The highest BCUT2D eigenvalue weighted by Crippen LogP contribution is 2.48. The maximum Gasteiger partial charge on any atom is 0.165 e. The van der Waals surface area contributed by atoms with Crippen molar-refractivity contribution in [2.24, 2.45) is 4.99 Å². The number of aryl methyl sites for hydroxylation is 1. The second kappa shape index (κ2) is 7.48. The largest absolute Gasteiger partial charge is 0.342 e. The summed E-state index contributed by atoms with van der Waals surface area (Å²) in [7, 11) is 0. The number of hydrogen-bond donors (Lipinski definition) is 0. The molecule has 1 aromatic carbocycles. The summed E-state index contributed by atoms with van der Waals surface area (Å²) in [6.45, 7) is 2.12. The Bertz CT molecular complexity index is 762. The van der Waals surface area contributed by atoms with E-state index in [1.807, 2.05) is 17.8 Å². The van der Waals surface area contributed by atoms with Gasteiger partial charge >= 0.3 is 0 Å². The van der Waals surface area contributed by atoms with Gasteiger partial charge in [0.15, 0.2) is 5.17 Å². The fourth-order valence-corrected chi connectivity index (χ4v) is 6.37. The van der Waals surface area contributed by atoms with Crippen LogP contribution in [0.2, 0.25) is 0 Å². The zero-order chi connectivity index (χ0) is 18.0. The van der Waals surface area contributed by atoms with Crippen LogP contribution in [0.5, 0.6) is 0 Å². The molecule has 136 valence electrons. The molecule has 1 saturated heterocycles. The molecule has 2 saturated carbocycles. The van der Waals surface area contributed by atoms with E-state index < -0.39 is 0 Å². The van der Waals surface area contributed by atoms with Gasteiger partial charge in [-0.1, -0.05) is 43.5 Å². The summed E-state index contributed by atoms with van der Waals surface area (Å²) in [6.07, 6.45) is 14.2. The molecule has 0 unspecified atom stereocenters. The van der Waals surface area contributed by atoms with Crippen molar-refractivity contribution >= 4 is 28.7 Å². The molecule has 1 spiro atoms. The molecule has 3 aliphatic rings. The average molecular weight is 366 g/mol. The van der Waals surface area contributed by atoms with Crippen LogP contribution in [-0.4, -0.2) is 27.4 Å². The third-order valence-corrected chi connectivity index (χ3v) is 7.43. The van der Waals surface area contributed by atoms with Crippen molar-refractivity contribution in [1.29, 1.82) is 5.26 Å². The number of hydrogen-bond acceptors (Lipinski definition) is 3. The predicted octanol–water partition coefficient (Wildman–Crippen LogP) is 5.82. The van der Waals surface area contributed by atoms with Crippen LogP contribution in [0, 0.1) is 18.3 Å². The summed E-state index contributed by atoms with van der Waals surface area (Å²) in [5.41, 5.74) is 3.69. The Balaban J connectivity index is 1.65. The summed E-state index contributed by atoms with van der Waals surface area (Å²) in [4.78, 5) is 7.89. The molecule has 0 radical (unpaired) electrons. The quantitative estimate of drug-likeness (QED) is 0.633. The molecule has 1 heterocycles. The van der Waals surface area contributed by atoms with E-state index in [1.54, 1.807) is 0 Å². The maximum atomic E-state index is 8.71. The third kappa shape index (κ3) is 3.30. The number of thioether (sulfide) groups is 1. The van der Waals surface area contributed by atoms with Gasteiger partial charge in [0, 0.05) is 17.9 Å². The van der Waals surface area contributed by atoms with E-state index in [0.29, 0.717) is 11.6 Å². The number of nitrogens with zero attached hydrogens (tertiary/aromatic N) is 3. The van der Waals surface area contributed by atoms with Crippen LogP contribution in [0.3, 0.4) is 0 Å². The first-order valence-corrected chi connectivity index (χ1v) is 10.9. The highest BCUT2D eigenvalue weighted by atomic mass is 32.2. The van der Waals surface area contributed by atoms with Crippen LogP contribution in [-0.2, 0) is 0 Å². The molecule has 0 bridgehead atoms. The van der Waals surface area contributed by atoms with Crippen LogP contribution in [0.25, 0.3) is 6.08 Å². The molecule has 0 aromatic heterocycles. The zero-order valence-corrected chi connectivity index (χ0v) is 16.4. The second-order valence-electron chi connectivity index (χ2n) is 7.93. The monoisotopic (exact) mass is 365 g/mol. The summed E-state index contributed by atoms with van der Waals surface area (Å²) in [6, 6.07) is 9.04. The lowest BCUT2D eigenvalue weighted by molar-refractivity contribution is 0.163. The lowest BCUT2D eigenvalue weighted by Crippen LogP contribution is -2.50. The molecule has 1 aliphatic heterocycles. The van der Waals surface area contributed by atoms with Gasteiger partial charge in [0.05, 0.1) is 17.3 Å². The first kappa shape index (κ1) is 17.7. The highest BCUT2D eigenvalue weighted by molar-refractivity contribution is 8.14. The minimum atomic E-state index is 0.377. The van der Waals surface area contributed by atoms with Crippen LogP contribution < -0.4 is 0 Å². The van der Waals surface area contributed by atoms with Gasteiger partial charge in [0.1, 0.15) is 0 Å². The summed E-state index contributed by atoms with van der Waals surface area (Å²) < 4.78 is 0. The molecule has 1 aromatic rings. The Labute approximate surface area is 161 Å². The molecule has 0 amide bonds. The van der Waals surface area contributed by atoms with E-state index in [0.717, 1.165) is 11.3 Å². The van der Waals surface area contributed by atoms with E-state index in [4.69, 9.17) is 10.3 Å². The Kier molecular flexibility index (Phi) is 5.09. The summed E-state index contributed by atoms with van der Waals surface area (Å²) >= 11 is 1.97. The van der Waals surface area contributed by atoms with Gasteiger partial charge in [-0.05, 0) is 61.9 Å². The van der Waals surface area contributed by atoms with Gasteiger partial charge < -0.3 is 4.90 Å². The minimum Gasteiger partial charge on any atom is -0.342 e. The van der Waals surface area contributed by atoms with Gasteiger partial charge in [-0.25, -0.2) is 4.99 Å². The number of allylic oxidation sites excluding steroid dienone is 1. The molecule has 4 heteroatoms. The number of amidine groups is 1.